The summed E-state index contributed by atoms with van der Waals surface area (Å²) in [7, 11) is 0. The van der Waals surface area contributed by atoms with Crippen molar-refractivity contribution in [3.8, 4) is 5.75 Å². The van der Waals surface area contributed by atoms with Crippen LogP contribution in [0.25, 0.3) is 0 Å². The Morgan fingerprint density at radius 3 is 2.87 bits per heavy atom. The van der Waals surface area contributed by atoms with Gasteiger partial charge in [0.25, 0.3) is 5.91 Å². The van der Waals surface area contributed by atoms with E-state index >= 15 is 0 Å². The van der Waals surface area contributed by atoms with Crippen LogP contribution >= 0.6 is 0 Å². The van der Waals surface area contributed by atoms with Crippen LogP contribution in [0.4, 0.5) is 0 Å². The molecule has 3 aromatic rings. The Labute approximate surface area is 182 Å². The van der Waals surface area contributed by atoms with E-state index in [0.717, 1.165) is 43.4 Å². The highest BCUT2D eigenvalue weighted by atomic mass is 16.5. The molecule has 5 rings (SSSR count). The zero-order chi connectivity index (χ0) is 21.0. The fourth-order valence-corrected chi connectivity index (χ4v) is 4.68. The molecule has 2 aliphatic rings. The highest BCUT2D eigenvalue weighted by molar-refractivity contribution is 5.92. The SMILES string of the molecule is O=C(c1cc(COc2ccc3c(c2)CCCC3)on1)N1CCCC[C@@H]1c1cccnc1. The van der Waals surface area contributed by atoms with Gasteiger partial charge in [-0.15, -0.1) is 0 Å². The van der Waals surface area contributed by atoms with Gasteiger partial charge < -0.3 is 14.2 Å². The molecular weight excluding hydrogens is 390 g/mol. The number of carbonyl (C=O) groups excluding carboxylic acids is 1. The molecule has 1 amide bonds. The Bertz CT molecular complexity index is 1050. The van der Waals surface area contributed by atoms with Gasteiger partial charge in [0.2, 0.25) is 0 Å². The molecule has 3 heterocycles. The summed E-state index contributed by atoms with van der Waals surface area (Å²) in [5.41, 5.74) is 4.20. The Morgan fingerprint density at radius 1 is 1.10 bits per heavy atom. The first kappa shape index (κ1) is 19.8. The maximum Gasteiger partial charge on any atom is 0.276 e. The molecule has 0 bridgehead atoms. The zero-order valence-corrected chi connectivity index (χ0v) is 17.6. The summed E-state index contributed by atoms with van der Waals surface area (Å²) in [4.78, 5) is 19.3. The van der Waals surface area contributed by atoms with Crippen molar-refractivity contribution in [1.29, 1.82) is 0 Å². The van der Waals surface area contributed by atoms with Crippen LogP contribution in [-0.4, -0.2) is 27.5 Å². The minimum absolute atomic E-state index is 0.0295. The topological polar surface area (TPSA) is 68.5 Å². The summed E-state index contributed by atoms with van der Waals surface area (Å²) >= 11 is 0. The number of benzene rings is 1. The predicted octanol–water partition coefficient (Wildman–Crippen LogP) is 4.89. The van der Waals surface area contributed by atoms with Gasteiger partial charge in [-0.1, -0.05) is 17.3 Å². The Kier molecular flexibility index (Phi) is 5.69. The third kappa shape index (κ3) is 4.33. The summed E-state index contributed by atoms with van der Waals surface area (Å²) in [6.45, 7) is 0.970. The zero-order valence-electron chi connectivity index (χ0n) is 17.6. The van der Waals surface area contributed by atoms with Crippen LogP contribution < -0.4 is 4.74 Å². The first-order valence-electron chi connectivity index (χ1n) is 11.2. The summed E-state index contributed by atoms with van der Waals surface area (Å²) in [5.74, 6) is 1.28. The molecular formula is C25H27N3O3. The number of carbonyl (C=O) groups is 1. The molecule has 0 spiro atoms. The van der Waals surface area contributed by atoms with Gasteiger partial charge >= 0.3 is 0 Å². The largest absolute Gasteiger partial charge is 0.486 e. The van der Waals surface area contributed by atoms with Crippen LogP contribution in [0.1, 0.15) is 71.1 Å². The Balaban J connectivity index is 1.26. The first-order chi connectivity index (χ1) is 15.3. The molecule has 1 aliphatic heterocycles. The molecule has 1 saturated heterocycles. The van der Waals surface area contributed by atoms with Crippen molar-refractivity contribution >= 4 is 5.91 Å². The van der Waals surface area contributed by atoms with Crippen molar-refractivity contribution in [3.63, 3.8) is 0 Å². The minimum Gasteiger partial charge on any atom is -0.486 e. The van der Waals surface area contributed by atoms with E-state index in [-0.39, 0.29) is 18.6 Å². The molecule has 160 valence electrons. The number of rotatable bonds is 5. The average molecular weight is 418 g/mol. The van der Waals surface area contributed by atoms with Gasteiger partial charge in [0.15, 0.2) is 11.5 Å². The van der Waals surface area contributed by atoms with Crippen LogP contribution in [0.5, 0.6) is 5.75 Å². The minimum atomic E-state index is -0.0997. The lowest BCUT2D eigenvalue weighted by Crippen LogP contribution is -2.38. The summed E-state index contributed by atoms with van der Waals surface area (Å²) in [6.07, 6.45) is 11.4. The number of pyridine rings is 1. The summed E-state index contributed by atoms with van der Waals surface area (Å²) in [6, 6.07) is 12.0. The molecule has 6 heteroatoms. The van der Waals surface area contributed by atoms with Crippen molar-refractivity contribution in [2.75, 3.05) is 6.54 Å². The van der Waals surface area contributed by atoms with E-state index in [1.807, 2.05) is 29.3 Å². The lowest BCUT2D eigenvalue weighted by molar-refractivity contribution is 0.0600. The van der Waals surface area contributed by atoms with E-state index in [9.17, 15) is 4.79 Å². The van der Waals surface area contributed by atoms with Gasteiger partial charge in [-0.2, -0.15) is 0 Å². The van der Waals surface area contributed by atoms with Crippen molar-refractivity contribution in [2.24, 2.45) is 0 Å². The number of hydrogen-bond acceptors (Lipinski definition) is 5. The van der Waals surface area contributed by atoms with Crippen LogP contribution in [0.15, 0.2) is 53.3 Å². The fourth-order valence-electron chi connectivity index (χ4n) is 4.68. The van der Waals surface area contributed by atoms with Crippen molar-refractivity contribution in [1.82, 2.24) is 15.0 Å². The number of piperidine rings is 1. The number of fused-ring (bicyclic) bond motifs is 1. The van der Waals surface area contributed by atoms with Gasteiger partial charge in [-0.05, 0) is 79.8 Å². The van der Waals surface area contributed by atoms with E-state index in [1.54, 1.807) is 12.3 Å². The van der Waals surface area contributed by atoms with E-state index in [1.165, 1.54) is 24.0 Å². The second kappa shape index (κ2) is 8.92. The molecule has 0 unspecified atom stereocenters. The normalized spacial score (nSPS) is 18.5. The highest BCUT2D eigenvalue weighted by Gasteiger charge is 2.30. The number of hydrogen-bond donors (Lipinski definition) is 0. The fraction of sp³-hybridized carbons (Fsp3) is 0.400. The van der Waals surface area contributed by atoms with Gasteiger partial charge in [-0.3, -0.25) is 9.78 Å². The smallest absolute Gasteiger partial charge is 0.276 e. The maximum absolute atomic E-state index is 13.2. The number of aryl methyl sites for hydroxylation is 2. The second-order valence-electron chi connectivity index (χ2n) is 8.40. The van der Waals surface area contributed by atoms with E-state index < -0.39 is 0 Å². The van der Waals surface area contributed by atoms with E-state index in [4.69, 9.17) is 9.26 Å². The van der Waals surface area contributed by atoms with Gasteiger partial charge in [-0.25, -0.2) is 0 Å². The number of likely N-dealkylation sites (tertiary alicyclic amines) is 1. The van der Waals surface area contributed by atoms with Crippen LogP contribution in [0.3, 0.4) is 0 Å². The molecule has 0 saturated carbocycles. The molecule has 1 atom stereocenters. The molecule has 2 aromatic heterocycles. The predicted molar refractivity (Wildman–Crippen MR) is 116 cm³/mol. The molecule has 1 fully saturated rings. The number of amides is 1. The second-order valence-corrected chi connectivity index (χ2v) is 8.40. The molecule has 0 radical (unpaired) electrons. The summed E-state index contributed by atoms with van der Waals surface area (Å²) in [5, 5.41) is 4.04. The molecule has 1 aromatic carbocycles. The van der Waals surface area contributed by atoms with Crippen LogP contribution in [0, 0.1) is 0 Å². The number of ether oxygens (including phenoxy) is 1. The van der Waals surface area contributed by atoms with Crippen LogP contribution in [-0.2, 0) is 19.4 Å². The Morgan fingerprint density at radius 2 is 2.00 bits per heavy atom. The lowest BCUT2D eigenvalue weighted by atomic mass is 9.92. The maximum atomic E-state index is 13.2. The standard InChI is InChI=1S/C25H27N3O3/c29-25(28-13-4-3-9-24(28)20-8-5-12-26-16-20)23-15-22(31-27-23)17-30-21-11-10-18-6-1-2-7-19(18)14-21/h5,8,10-12,14-16,24H,1-4,6-7,9,13,17H2/t24-/m1/s1. The van der Waals surface area contributed by atoms with Crippen molar-refractivity contribution < 1.29 is 14.1 Å². The molecule has 31 heavy (non-hydrogen) atoms. The average Bonchev–Trinajstić information content (AvgIpc) is 3.32. The highest BCUT2D eigenvalue weighted by Crippen LogP contribution is 2.32. The monoisotopic (exact) mass is 417 g/mol. The van der Waals surface area contributed by atoms with Gasteiger partial charge in [0.05, 0.1) is 6.04 Å². The first-order valence-corrected chi connectivity index (χ1v) is 11.2. The number of nitrogens with zero attached hydrogens (tertiary/aromatic N) is 3. The van der Waals surface area contributed by atoms with Crippen LogP contribution in [0.2, 0.25) is 0 Å². The molecule has 1 aliphatic carbocycles. The van der Waals surface area contributed by atoms with E-state index in [2.05, 4.69) is 22.3 Å². The quantitative estimate of drug-likeness (QED) is 0.591. The molecule has 6 nitrogen and oxygen atoms in total. The van der Waals surface area contributed by atoms with Gasteiger partial charge in [0, 0.05) is 25.0 Å². The number of aromatic nitrogens is 2. The molecule has 0 N–H and O–H groups in total. The Hall–Kier alpha value is -3.15. The third-order valence-corrected chi connectivity index (χ3v) is 6.31. The lowest BCUT2D eigenvalue weighted by Gasteiger charge is -2.35. The van der Waals surface area contributed by atoms with Gasteiger partial charge in [0.1, 0.15) is 12.4 Å². The van der Waals surface area contributed by atoms with Crippen molar-refractivity contribution in [3.05, 3.63) is 76.9 Å². The van der Waals surface area contributed by atoms with E-state index in [0.29, 0.717) is 18.0 Å². The third-order valence-electron chi connectivity index (χ3n) is 6.31. The summed E-state index contributed by atoms with van der Waals surface area (Å²) < 4.78 is 11.3. The van der Waals surface area contributed by atoms with Crippen molar-refractivity contribution in [2.45, 2.75) is 57.6 Å².